The maximum absolute atomic E-state index is 12.0. The van der Waals surface area contributed by atoms with Gasteiger partial charge in [0, 0.05) is 65.6 Å². The number of rotatable bonds is 6. The highest BCUT2D eigenvalue weighted by atomic mass is 35.5. The fourth-order valence-corrected chi connectivity index (χ4v) is 4.18. The Morgan fingerprint density at radius 3 is 1.68 bits per heavy atom. The van der Waals surface area contributed by atoms with E-state index in [0.717, 1.165) is 11.3 Å². The van der Waals surface area contributed by atoms with Gasteiger partial charge in [-0.25, -0.2) is 24.1 Å². The number of benzene rings is 4. The summed E-state index contributed by atoms with van der Waals surface area (Å²) < 4.78 is 10.9. The first kappa shape index (κ1) is 43.5. The third-order valence-corrected chi connectivity index (χ3v) is 6.55. The predicted molar refractivity (Wildman–Crippen MR) is 212 cm³/mol. The van der Waals surface area contributed by atoms with Gasteiger partial charge in [-0.05, 0) is 36.4 Å². The smallest absolute Gasteiger partial charge is 0.415 e. The van der Waals surface area contributed by atoms with Gasteiger partial charge in [0.15, 0.2) is 0 Å². The largest absolute Gasteiger partial charge is 0.424 e. The Morgan fingerprint density at radius 1 is 0.696 bits per heavy atom. The van der Waals surface area contributed by atoms with E-state index in [1.807, 2.05) is 30.3 Å². The van der Waals surface area contributed by atoms with E-state index in [4.69, 9.17) is 39.5 Å². The van der Waals surface area contributed by atoms with Crippen LogP contribution in [-0.4, -0.2) is 51.2 Å². The number of nitro groups is 2. The molecule has 0 saturated heterocycles. The van der Waals surface area contributed by atoms with Gasteiger partial charge in [0.1, 0.15) is 17.8 Å². The number of carbonyl (C=O) groups excluding carboxylic acids is 2. The zero-order chi connectivity index (χ0) is 40.5. The van der Waals surface area contributed by atoms with Crippen LogP contribution in [0.25, 0.3) is 22.5 Å². The first-order chi connectivity index (χ1) is 27.1. The van der Waals surface area contributed by atoms with Crippen molar-refractivity contribution in [2.75, 3.05) is 5.34 Å². The van der Waals surface area contributed by atoms with E-state index in [-0.39, 0.29) is 16.7 Å². The number of nitro benzene ring substituents is 2. The molecule has 3 aromatic heterocycles. The summed E-state index contributed by atoms with van der Waals surface area (Å²) in [6, 6.07) is 35.5. The van der Waals surface area contributed by atoms with Crippen LogP contribution in [0.1, 0.15) is 0 Å². The molecule has 0 fully saturated rings. The number of hydrogen-bond donors (Lipinski definition) is 1. The van der Waals surface area contributed by atoms with E-state index in [1.54, 1.807) is 91.4 Å². The highest BCUT2D eigenvalue weighted by molar-refractivity contribution is 6.61. The molecule has 0 radical (unpaired) electrons. The molecule has 15 nitrogen and oxygen atoms in total. The number of aromatic amines is 1. The Kier molecular flexibility index (Phi) is 18.9. The van der Waals surface area contributed by atoms with Gasteiger partial charge in [-0.3, -0.25) is 25.2 Å². The lowest BCUT2D eigenvalue weighted by Gasteiger charge is -2.03. The van der Waals surface area contributed by atoms with Crippen LogP contribution in [0.15, 0.2) is 165 Å². The van der Waals surface area contributed by atoms with Gasteiger partial charge in [-0.2, -0.15) is 0 Å². The van der Waals surface area contributed by atoms with Gasteiger partial charge in [-0.1, -0.05) is 66.7 Å². The van der Waals surface area contributed by atoms with Gasteiger partial charge in [0.2, 0.25) is 0 Å². The second-order valence-corrected chi connectivity index (χ2v) is 11.3. The lowest BCUT2D eigenvalue weighted by molar-refractivity contribution is -0.385. The van der Waals surface area contributed by atoms with Crippen molar-refractivity contribution in [1.29, 1.82) is 0 Å². The molecule has 0 unspecified atom stereocenters. The second kappa shape index (κ2) is 24.4. The number of aromatic nitrogens is 5. The van der Waals surface area contributed by atoms with Gasteiger partial charge < -0.3 is 14.5 Å². The van der Waals surface area contributed by atoms with Crippen molar-refractivity contribution in [3.05, 3.63) is 185 Å². The van der Waals surface area contributed by atoms with E-state index in [2.05, 4.69) is 24.7 Å². The number of carbonyl (C=O) groups is 2. The zero-order valence-corrected chi connectivity index (χ0v) is 31.1. The molecule has 0 amide bonds. The van der Waals surface area contributed by atoms with Crippen molar-refractivity contribution in [2.45, 2.75) is 0 Å². The minimum absolute atomic E-state index is 0.0380. The molecule has 1 N–H and O–H groups in total. The molecule has 3 heterocycles. The molecule has 18 heteroatoms. The summed E-state index contributed by atoms with van der Waals surface area (Å²) in [5.41, 5.74) is 1.75. The fourth-order valence-electron chi connectivity index (χ4n) is 4.09. The third-order valence-electron chi connectivity index (χ3n) is 6.47. The maximum Gasteiger partial charge on any atom is 0.424 e. The van der Waals surface area contributed by atoms with Crippen LogP contribution >= 0.6 is 34.8 Å². The monoisotopic (exact) mass is 817 g/mol. The number of pyridine rings is 1. The van der Waals surface area contributed by atoms with Crippen LogP contribution in [0.5, 0.6) is 11.5 Å². The van der Waals surface area contributed by atoms with Gasteiger partial charge >= 0.3 is 11.5 Å². The molecule has 0 atom stereocenters. The van der Waals surface area contributed by atoms with Gasteiger partial charge in [0.25, 0.3) is 11.4 Å². The van der Waals surface area contributed by atoms with Crippen molar-refractivity contribution in [3.63, 3.8) is 0 Å². The number of ether oxygens (including phenoxy) is 2. The zero-order valence-electron chi connectivity index (χ0n) is 28.9. The minimum Gasteiger partial charge on any atom is -0.415 e. The predicted octanol–water partition coefficient (Wildman–Crippen LogP) is 10.4. The van der Waals surface area contributed by atoms with Crippen LogP contribution in [0.3, 0.4) is 0 Å². The number of H-pyrrole nitrogens is 1. The highest BCUT2D eigenvalue weighted by Gasteiger charge is 2.13. The van der Waals surface area contributed by atoms with E-state index in [0.29, 0.717) is 22.8 Å². The molecule has 7 aromatic rings. The van der Waals surface area contributed by atoms with E-state index in [9.17, 15) is 29.8 Å². The average molecular weight is 819 g/mol. The normalized spacial score (nSPS) is 9.48. The Morgan fingerprint density at radius 2 is 1.21 bits per heavy atom. The Labute approximate surface area is 334 Å². The number of nitrogens with zero attached hydrogens (tertiary/aromatic N) is 6. The van der Waals surface area contributed by atoms with Crippen LogP contribution in [0.4, 0.5) is 21.0 Å². The lowest BCUT2D eigenvalue weighted by atomic mass is 10.1. The maximum atomic E-state index is 12.0. The number of halogens is 3. The van der Waals surface area contributed by atoms with E-state index >= 15 is 0 Å². The van der Waals surface area contributed by atoms with Gasteiger partial charge in [0.05, 0.1) is 39.1 Å². The molecule has 0 saturated carbocycles. The summed E-state index contributed by atoms with van der Waals surface area (Å²) in [6.45, 7) is 0. The number of non-ortho nitro benzene ring substituents is 2. The molecule has 0 spiro atoms. The molecule has 0 aliphatic heterocycles. The number of imidazole rings is 2. The minimum atomic E-state index is -0.814. The van der Waals surface area contributed by atoms with Crippen molar-refractivity contribution in [1.82, 2.24) is 24.5 Å². The van der Waals surface area contributed by atoms with Crippen LogP contribution in [0.2, 0.25) is 0 Å². The van der Waals surface area contributed by atoms with Crippen molar-refractivity contribution in [2.24, 2.45) is 0 Å². The summed E-state index contributed by atoms with van der Waals surface area (Å²) in [5.74, 6) is 0.880. The van der Waals surface area contributed by atoms with Gasteiger partial charge in [-0.15, -0.1) is 23.2 Å². The fraction of sp³-hybridized carbons (Fsp3) is 0.0263. The SMILES string of the molecule is ClCCl.O=C(Cl)Oc1ccccc1.O=C(Oc1ccccc1)n1cnc(-c2cccc([N+](=O)[O-])c2)c1.O=[N+]([O-])c1cccc(-c2cnc[nH]2)c1.c1ccncc1. The topological polar surface area (TPSA) is 198 Å². The molecule has 7 rings (SSSR count). The average Bonchev–Trinajstić information content (AvgIpc) is 3.95. The summed E-state index contributed by atoms with van der Waals surface area (Å²) in [7, 11) is 0. The molecule has 0 aliphatic rings. The van der Waals surface area contributed by atoms with E-state index in [1.165, 1.54) is 47.7 Å². The van der Waals surface area contributed by atoms with Crippen LogP contribution in [0, 0.1) is 20.2 Å². The third kappa shape index (κ3) is 16.0. The molecule has 0 bridgehead atoms. The van der Waals surface area contributed by atoms with Crippen molar-refractivity contribution in [3.8, 4) is 34.0 Å². The molecule has 56 heavy (non-hydrogen) atoms. The van der Waals surface area contributed by atoms with Crippen molar-refractivity contribution < 1.29 is 28.9 Å². The molecule has 286 valence electrons. The summed E-state index contributed by atoms with van der Waals surface area (Å²) in [6.07, 6.45) is 8.82. The molecular weight excluding hydrogens is 789 g/mol. The summed E-state index contributed by atoms with van der Waals surface area (Å²) in [4.78, 5) is 57.2. The molecular formula is C38H30Cl3N7O8. The number of nitrogens with one attached hydrogen (secondary N) is 1. The quantitative estimate of drug-likeness (QED) is 0.0725. The first-order valence-corrected chi connectivity index (χ1v) is 17.2. The Bertz CT molecular complexity index is 2200. The van der Waals surface area contributed by atoms with Crippen molar-refractivity contribution >= 4 is 57.7 Å². The Hall–Kier alpha value is -6.94. The first-order valence-electron chi connectivity index (χ1n) is 15.8. The number of para-hydroxylation sites is 2. The highest BCUT2D eigenvalue weighted by Crippen LogP contribution is 2.23. The standard InChI is InChI=1S/C16H11N3O4.C9H7N3O2.C7H5ClO2.C5H5N.CH2Cl2/c20-16(23-14-7-2-1-3-8-14)18-10-15(17-11-18)12-5-4-6-13(9-12)19(21)22;13-12(14)8-3-1-2-7(4-8)9-5-10-6-11-9;8-7(9)10-6-4-2-1-3-5-6;1-2-4-6-5-3-1;2-1-3/h1-11H;1-6H,(H,10,11);1-5H;1-5H;1H2. The van der Waals surface area contributed by atoms with E-state index < -0.39 is 21.4 Å². The second-order valence-electron chi connectivity index (χ2n) is 10.2. The van der Waals surface area contributed by atoms with Crippen LogP contribution in [-0.2, 0) is 0 Å². The number of alkyl halides is 2. The molecule has 0 aliphatic carbocycles. The molecule has 4 aromatic carbocycles. The Balaban J connectivity index is 0.000000216. The summed E-state index contributed by atoms with van der Waals surface area (Å²) in [5, 5.41) is 21.5. The summed E-state index contributed by atoms with van der Waals surface area (Å²) >= 11 is 14.5. The van der Waals surface area contributed by atoms with Crippen LogP contribution < -0.4 is 9.47 Å². The lowest BCUT2D eigenvalue weighted by Crippen LogP contribution is -2.14. The number of hydrogen-bond acceptors (Lipinski definition) is 11.